The Hall–Kier alpha value is -2.31. The highest BCUT2D eigenvalue weighted by atomic mass is 32.2. The number of carbonyl (C=O) groups is 2. The van der Waals surface area contributed by atoms with Gasteiger partial charge in [-0.1, -0.05) is 29.8 Å². The van der Waals surface area contributed by atoms with Crippen molar-refractivity contribution >= 4 is 29.3 Å². The van der Waals surface area contributed by atoms with Crippen molar-refractivity contribution in [3.8, 4) is 0 Å². The molecule has 28 heavy (non-hydrogen) atoms. The molecule has 3 rings (SSSR count). The summed E-state index contributed by atoms with van der Waals surface area (Å²) in [6.07, 6.45) is 0.0422. The fraction of sp³-hybridized carbons (Fsp3) is 0.364. The van der Waals surface area contributed by atoms with Gasteiger partial charge in [-0.3, -0.25) is 9.59 Å². The van der Waals surface area contributed by atoms with Gasteiger partial charge < -0.3 is 15.0 Å². The molecule has 2 aromatic rings. The minimum atomic E-state index is -0.0928. The second-order valence-corrected chi connectivity index (χ2v) is 8.18. The molecule has 0 spiro atoms. The molecule has 6 heteroatoms. The van der Waals surface area contributed by atoms with E-state index in [-0.39, 0.29) is 29.8 Å². The Bertz CT molecular complexity index is 828. The lowest BCUT2D eigenvalue weighted by Crippen LogP contribution is -2.48. The van der Waals surface area contributed by atoms with Crippen LogP contribution in [0.3, 0.4) is 0 Å². The molecule has 1 fully saturated rings. The van der Waals surface area contributed by atoms with Gasteiger partial charge in [-0.15, -0.1) is 11.8 Å². The average Bonchev–Trinajstić information content (AvgIpc) is 2.67. The average molecular weight is 399 g/mol. The highest BCUT2D eigenvalue weighted by Crippen LogP contribution is 2.25. The topological polar surface area (TPSA) is 58.6 Å². The van der Waals surface area contributed by atoms with Crippen LogP contribution in [0.25, 0.3) is 0 Å². The molecule has 0 aromatic heterocycles. The maximum Gasteiger partial charge on any atom is 0.255 e. The summed E-state index contributed by atoms with van der Waals surface area (Å²) >= 11 is 1.38. The second-order valence-electron chi connectivity index (χ2n) is 7.17. The number of carbonyl (C=O) groups excluding carboxylic acids is 2. The summed E-state index contributed by atoms with van der Waals surface area (Å²) in [5, 5.41) is 2.89. The van der Waals surface area contributed by atoms with Gasteiger partial charge in [-0.25, -0.2) is 0 Å². The molecule has 2 atom stereocenters. The van der Waals surface area contributed by atoms with Crippen molar-refractivity contribution in [3.05, 3.63) is 59.7 Å². The summed E-state index contributed by atoms with van der Waals surface area (Å²) in [7, 11) is 0. The van der Waals surface area contributed by atoms with Crippen LogP contribution in [0, 0.1) is 6.92 Å². The number of nitrogens with zero attached hydrogens (tertiary/aromatic N) is 1. The molecule has 2 aromatic carbocycles. The lowest BCUT2D eigenvalue weighted by molar-refractivity contribution is -0.113. The van der Waals surface area contributed by atoms with Crippen molar-refractivity contribution < 1.29 is 14.3 Å². The lowest BCUT2D eigenvalue weighted by Gasteiger charge is -2.35. The first-order valence-corrected chi connectivity index (χ1v) is 10.4. The number of rotatable bonds is 5. The zero-order valence-corrected chi connectivity index (χ0v) is 17.3. The number of ether oxygens (including phenoxy) is 1. The Morgan fingerprint density at radius 2 is 1.71 bits per heavy atom. The van der Waals surface area contributed by atoms with Gasteiger partial charge in [0.15, 0.2) is 0 Å². The first-order valence-electron chi connectivity index (χ1n) is 9.45. The van der Waals surface area contributed by atoms with E-state index < -0.39 is 0 Å². The van der Waals surface area contributed by atoms with Crippen molar-refractivity contribution in [2.24, 2.45) is 0 Å². The molecule has 1 aliphatic heterocycles. The van der Waals surface area contributed by atoms with Crippen molar-refractivity contribution in [3.63, 3.8) is 0 Å². The van der Waals surface area contributed by atoms with E-state index >= 15 is 0 Å². The first-order chi connectivity index (χ1) is 13.4. The van der Waals surface area contributed by atoms with Crippen molar-refractivity contribution in [1.82, 2.24) is 4.90 Å². The van der Waals surface area contributed by atoms with Gasteiger partial charge in [0, 0.05) is 23.7 Å². The maximum absolute atomic E-state index is 13.0. The summed E-state index contributed by atoms with van der Waals surface area (Å²) in [6.45, 7) is 7.12. The molecule has 1 saturated heterocycles. The molecular formula is C22H26N2O3S. The minimum absolute atomic E-state index is 0.0101. The maximum atomic E-state index is 13.0. The fourth-order valence-electron chi connectivity index (χ4n) is 3.26. The van der Waals surface area contributed by atoms with Crippen LogP contribution in [-0.2, 0) is 9.53 Å². The monoisotopic (exact) mass is 398 g/mol. The van der Waals surface area contributed by atoms with E-state index in [4.69, 9.17) is 4.74 Å². The zero-order chi connectivity index (χ0) is 20.1. The fourth-order valence-corrected chi connectivity index (χ4v) is 4.10. The third-order valence-electron chi connectivity index (χ3n) is 4.52. The standard InChI is InChI=1S/C22H26N2O3S/c1-15-8-10-18(11-9-15)23-21(25)14-28-20-7-5-4-6-19(20)22(26)24-12-16(2)27-17(3)13-24/h4-11,16-17H,12-14H2,1-3H3,(H,23,25). The number of hydrogen-bond donors (Lipinski definition) is 1. The molecule has 1 heterocycles. The van der Waals surface area contributed by atoms with Crippen molar-refractivity contribution in [2.75, 3.05) is 24.2 Å². The van der Waals surface area contributed by atoms with Gasteiger partial charge in [-0.2, -0.15) is 0 Å². The van der Waals surface area contributed by atoms with Gasteiger partial charge in [0.05, 0.1) is 23.5 Å². The van der Waals surface area contributed by atoms with Crippen LogP contribution in [0.15, 0.2) is 53.4 Å². The third kappa shape index (κ3) is 5.36. The Balaban J connectivity index is 1.64. The Kier molecular flexibility index (Phi) is 6.75. The highest BCUT2D eigenvalue weighted by molar-refractivity contribution is 8.00. The molecule has 0 aliphatic carbocycles. The van der Waals surface area contributed by atoms with Crippen LogP contribution in [0.5, 0.6) is 0 Å². The minimum Gasteiger partial charge on any atom is -0.372 e. The number of anilines is 1. The van der Waals surface area contributed by atoms with Gasteiger partial charge in [0.25, 0.3) is 5.91 Å². The van der Waals surface area contributed by atoms with E-state index in [0.29, 0.717) is 18.7 Å². The second kappa shape index (κ2) is 9.26. The van der Waals surface area contributed by atoms with Crippen molar-refractivity contribution in [2.45, 2.75) is 37.9 Å². The van der Waals surface area contributed by atoms with E-state index in [9.17, 15) is 9.59 Å². The number of thioether (sulfide) groups is 1. The predicted octanol–water partition coefficient (Wildman–Crippen LogP) is 3.98. The van der Waals surface area contributed by atoms with Gasteiger partial charge in [0.2, 0.25) is 5.91 Å². The summed E-state index contributed by atoms with van der Waals surface area (Å²) in [6, 6.07) is 15.2. The number of morpholine rings is 1. The zero-order valence-electron chi connectivity index (χ0n) is 16.5. The first kappa shape index (κ1) is 20.4. The van der Waals surface area contributed by atoms with Gasteiger partial charge in [0.1, 0.15) is 0 Å². The molecule has 1 aliphatic rings. The van der Waals surface area contributed by atoms with Crippen LogP contribution in [0.1, 0.15) is 29.8 Å². The number of nitrogens with one attached hydrogen (secondary N) is 1. The predicted molar refractivity (Wildman–Crippen MR) is 113 cm³/mol. The van der Waals surface area contributed by atoms with Crippen LogP contribution in [0.4, 0.5) is 5.69 Å². The van der Waals surface area contributed by atoms with E-state index in [2.05, 4.69) is 5.32 Å². The highest BCUT2D eigenvalue weighted by Gasteiger charge is 2.27. The number of hydrogen-bond acceptors (Lipinski definition) is 4. The van der Waals surface area contributed by atoms with E-state index in [1.165, 1.54) is 11.8 Å². The SMILES string of the molecule is Cc1ccc(NC(=O)CSc2ccccc2C(=O)N2CC(C)OC(C)C2)cc1. The Morgan fingerprint density at radius 3 is 2.39 bits per heavy atom. The quantitative estimate of drug-likeness (QED) is 0.774. The van der Waals surface area contributed by atoms with Crippen LogP contribution < -0.4 is 5.32 Å². The molecule has 2 amide bonds. The van der Waals surface area contributed by atoms with Crippen molar-refractivity contribution in [1.29, 1.82) is 0 Å². The molecule has 0 bridgehead atoms. The van der Waals surface area contributed by atoms with E-state index in [1.54, 1.807) is 0 Å². The molecule has 5 nitrogen and oxygen atoms in total. The Labute approximate surface area is 170 Å². The molecule has 1 N–H and O–H groups in total. The summed E-state index contributed by atoms with van der Waals surface area (Å²) in [5.74, 6) is 0.141. The third-order valence-corrected chi connectivity index (χ3v) is 5.59. The van der Waals surface area contributed by atoms with Crippen LogP contribution in [0.2, 0.25) is 0 Å². The van der Waals surface area contributed by atoms with E-state index in [0.717, 1.165) is 16.1 Å². The normalized spacial score (nSPS) is 19.3. The summed E-state index contributed by atoms with van der Waals surface area (Å²) < 4.78 is 5.72. The van der Waals surface area contributed by atoms with Gasteiger partial charge >= 0.3 is 0 Å². The smallest absolute Gasteiger partial charge is 0.255 e. The molecular weight excluding hydrogens is 372 g/mol. The number of amides is 2. The van der Waals surface area contributed by atoms with E-state index in [1.807, 2.05) is 74.2 Å². The van der Waals surface area contributed by atoms with Crippen LogP contribution >= 0.6 is 11.8 Å². The Morgan fingerprint density at radius 1 is 1.07 bits per heavy atom. The number of aryl methyl sites for hydroxylation is 1. The molecule has 0 saturated carbocycles. The summed E-state index contributed by atoms with van der Waals surface area (Å²) in [4.78, 5) is 28.0. The summed E-state index contributed by atoms with van der Waals surface area (Å²) in [5.41, 5.74) is 2.56. The molecule has 148 valence electrons. The van der Waals surface area contributed by atoms with Crippen LogP contribution in [-0.4, -0.2) is 47.8 Å². The van der Waals surface area contributed by atoms with Gasteiger partial charge in [-0.05, 0) is 45.0 Å². The lowest BCUT2D eigenvalue weighted by atomic mass is 10.1. The molecule has 2 unspecified atom stereocenters. The molecule has 0 radical (unpaired) electrons. The number of benzene rings is 2. The largest absolute Gasteiger partial charge is 0.372 e.